The molecule has 1 aromatic heterocycles. The van der Waals surface area contributed by atoms with E-state index in [2.05, 4.69) is 29.7 Å². The summed E-state index contributed by atoms with van der Waals surface area (Å²) < 4.78 is 0. The summed E-state index contributed by atoms with van der Waals surface area (Å²) in [5.74, 6) is -0.295. The fraction of sp³-hybridized carbons (Fsp3) is 0.238. The number of amides is 2. The van der Waals surface area contributed by atoms with Crippen LogP contribution in [0.25, 0.3) is 21.2 Å². The first kappa shape index (κ1) is 16.8. The first-order chi connectivity index (χ1) is 12.6. The lowest BCUT2D eigenvalue weighted by atomic mass is 9.97. The average molecular weight is 364 g/mol. The second-order valence-corrected chi connectivity index (χ2v) is 7.86. The third-order valence-electron chi connectivity index (χ3n) is 4.77. The van der Waals surface area contributed by atoms with E-state index in [0.717, 1.165) is 22.8 Å². The Hall–Kier alpha value is -2.66. The number of carbonyl (C=O) groups excluding carboxylic acids is 2. The molecule has 1 atom stereocenters. The smallest absolute Gasteiger partial charge is 0.252 e. The zero-order valence-corrected chi connectivity index (χ0v) is 15.4. The van der Waals surface area contributed by atoms with Gasteiger partial charge in [-0.3, -0.25) is 9.59 Å². The van der Waals surface area contributed by atoms with E-state index in [1.807, 2.05) is 36.4 Å². The van der Waals surface area contributed by atoms with E-state index in [-0.39, 0.29) is 11.8 Å². The molecular formula is C21H20N2O2S. The molecule has 4 nitrogen and oxygen atoms in total. The summed E-state index contributed by atoms with van der Waals surface area (Å²) in [5.41, 5.74) is 1.74. The van der Waals surface area contributed by atoms with Crippen LogP contribution in [0, 0.1) is 6.92 Å². The highest BCUT2D eigenvalue weighted by Gasteiger charge is 2.25. The van der Waals surface area contributed by atoms with Crippen LogP contribution in [0.15, 0.2) is 48.5 Å². The lowest BCUT2D eigenvalue weighted by Gasteiger charge is -2.23. The van der Waals surface area contributed by atoms with Gasteiger partial charge in [0.05, 0.1) is 0 Å². The van der Waals surface area contributed by atoms with Gasteiger partial charge in [-0.1, -0.05) is 30.3 Å². The Labute approximate surface area is 156 Å². The van der Waals surface area contributed by atoms with E-state index >= 15 is 0 Å². The number of piperidine rings is 1. The minimum Gasteiger partial charge on any atom is -0.354 e. The molecule has 0 saturated carbocycles. The summed E-state index contributed by atoms with van der Waals surface area (Å²) in [5, 5.41) is 7.66. The molecule has 5 heteroatoms. The molecule has 26 heavy (non-hydrogen) atoms. The Morgan fingerprint density at radius 1 is 1.12 bits per heavy atom. The minimum atomic E-state index is -0.449. The summed E-state index contributed by atoms with van der Waals surface area (Å²) in [6.45, 7) is 2.77. The molecule has 1 aliphatic heterocycles. The molecule has 0 radical (unpaired) electrons. The predicted molar refractivity (Wildman–Crippen MR) is 105 cm³/mol. The molecule has 2 aromatic carbocycles. The van der Waals surface area contributed by atoms with Crippen molar-refractivity contribution in [2.75, 3.05) is 6.54 Å². The van der Waals surface area contributed by atoms with Crippen LogP contribution < -0.4 is 10.6 Å². The number of aryl methyl sites for hydroxylation is 1. The predicted octanol–water partition coefficient (Wildman–Crippen LogP) is 3.89. The summed E-state index contributed by atoms with van der Waals surface area (Å²) in [6, 6.07) is 15.6. The molecule has 3 aromatic rings. The van der Waals surface area contributed by atoms with Crippen molar-refractivity contribution in [2.24, 2.45) is 0 Å². The molecule has 1 unspecified atom stereocenters. The zero-order valence-electron chi connectivity index (χ0n) is 14.5. The van der Waals surface area contributed by atoms with Crippen molar-refractivity contribution >= 4 is 33.9 Å². The van der Waals surface area contributed by atoms with E-state index in [1.54, 1.807) is 11.3 Å². The molecular weight excluding hydrogens is 344 g/mol. The van der Waals surface area contributed by atoms with Crippen LogP contribution in [-0.4, -0.2) is 24.4 Å². The van der Waals surface area contributed by atoms with Gasteiger partial charge in [-0.25, -0.2) is 0 Å². The van der Waals surface area contributed by atoms with Crippen molar-refractivity contribution in [1.82, 2.24) is 10.6 Å². The third kappa shape index (κ3) is 3.10. The number of carbonyl (C=O) groups is 2. The molecule has 0 spiro atoms. The number of hydrogen-bond donors (Lipinski definition) is 2. The Morgan fingerprint density at radius 2 is 1.92 bits per heavy atom. The first-order valence-corrected chi connectivity index (χ1v) is 9.62. The summed E-state index contributed by atoms with van der Waals surface area (Å²) in [7, 11) is 0. The monoisotopic (exact) mass is 364 g/mol. The summed E-state index contributed by atoms with van der Waals surface area (Å²) >= 11 is 1.75. The SMILES string of the molecule is Cc1ccc(-c2ccc(C(=O)NC3CCCNC3=O)c3ccccc23)s1. The van der Waals surface area contributed by atoms with Gasteiger partial charge in [-0.05, 0) is 54.3 Å². The van der Waals surface area contributed by atoms with E-state index in [1.165, 1.54) is 9.75 Å². The van der Waals surface area contributed by atoms with Crippen molar-refractivity contribution in [3.05, 3.63) is 59.0 Å². The Balaban J connectivity index is 1.72. The van der Waals surface area contributed by atoms with E-state index < -0.39 is 6.04 Å². The normalized spacial score (nSPS) is 17.1. The second-order valence-electron chi connectivity index (χ2n) is 6.58. The third-order valence-corrected chi connectivity index (χ3v) is 5.80. The lowest BCUT2D eigenvalue weighted by Crippen LogP contribution is -2.50. The van der Waals surface area contributed by atoms with Crippen molar-refractivity contribution in [2.45, 2.75) is 25.8 Å². The van der Waals surface area contributed by atoms with Crippen LogP contribution in [0.4, 0.5) is 0 Å². The van der Waals surface area contributed by atoms with Crippen molar-refractivity contribution in [3.8, 4) is 10.4 Å². The van der Waals surface area contributed by atoms with Gasteiger partial charge >= 0.3 is 0 Å². The van der Waals surface area contributed by atoms with Crippen molar-refractivity contribution in [1.29, 1.82) is 0 Å². The highest BCUT2D eigenvalue weighted by Crippen LogP contribution is 2.35. The van der Waals surface area contributed by atoms with E-state index in [9.17, 15) is 9.59 Å². The number of rotatable bonds is 3. The molecule has 2 N–H and O–H groups in total. The van der Waals surface area contributed by atoms with E-state index in [0.29, 0.717) is 18.5 Å². The fourth-order valence-corrected chi connectivity index (χ4v) is 4.34. The quantitative estimate of drug-likeness (QED) is 0.741. The maximum Gasteiger partial charge on any atom is 0.252 e. The van der Waals surface area contributed by atoms with E-state index in [4.69, 9.17) is 0 Å². The Kier molecular flexibility index (Phi) is 4.47. The number of thiophene rings is 1. The standard InChI is InChI=1S/C21H20N2O2S/c1-13-8-11-19(26-13)16-9-10-17(15-6-3-2-5-14(15)16)20(24)23-18-7-4-12-22-21(18)25/h2-3,5-6,8-11,18H,4,7,12H2,1H3,(H,22,25)(H,23,24). The maximum absolute atomic E-state index is 12.8. The molecule has 2 heterocycles. The lowest BCUT2D eigenvalue weighted by molar-refractivity contribution is -0.124. The number of benzene rings is 2. The molecule has 1 aliphatic rings. The topological polar surface area (TPSA) is 58.2 Å². The van der Waals surface area contributed by atoms with Gasteiger partial charge in [0.15, 0.2) is 0 Å². The molecule has 2 amide bonds. The van der Waals surface area contributed by atoms with Gasteiger partial charge in [-0.2, -0.15) is 0 Å². The average Bonchev–Trinajstić information content (AvgIpc) is 3.09. The largest absolute Gasteiger partial charge is 0.354 e. The van der Waals surface area contributed by atoms with Gasteiger partial charge < -0.3 is 10.6 Å². The molecule has 4 rings (SSSR count). The first-order valence-electron chi connectivity index (χ1n) is 8.80. The van der Waals surface area contributed by atoms with Crippen LogP contribution >= 0.6 is 11.3 Å². The second kappa shape index (κ2) is 6.92. The van der Waals surface area contributed by atoms with Crippen molar-refractivity contribution in [3.63, 3.8) is 0 Å². The van der Waals surface area contributed by atoms with Gasteiger partial charge in [-0.15, -0.1) is 11.3 Å². The molecule has 0 aliphatic carbocycles. The van der Waals surface area contributed by atoms with Crippen LogP contribution in [0.1, 0.15) is 28.1 Å². The molecule has 1 saturated heterocycles. The Morgan fingerprint density at radius 3 is 2.65 bits per heavy atom. The van der Waals surface area contributed by atoms with Crippen molar-refractivity contribution < 1.29 is 9.59 Å². The molecule has 0 bridgehead atoms. The number of hydrogen-bond acceptors (Lipinski definition) is 3. The summed E-state index contributed by atoms with van der Waals surface area (Å²) in [4.78, 5) is 27.2. The minimum absolute atomic E-state index is 0.0976. The Bertz CT molecular complexity index is 993. The van der Waals surface area contributed by atoms with Gasteiger partial charge in [0.25, 0.3) is 5.91 Å². The van der Waals surface area contributed by atoms with Gasteiger partial charge in [0.2, 0.25) is 5.91 Å². The van der Waals surface area contributed by atoms with Crippen LogP contribution in [0.2, 0.25) is 0 Å². The maximum atomic E-state index is 12.8. The molecule has 1 fully saturated rings. The zero-order chi connectivity index (χ0) is 18.1. The fourth-order valence-electron chi connectivity index (χ4n) is 3.44. The highest BCUT2D eigenvalue weighted by molar-refractivity contribution is 7.15. The van der Waals surface area contributed by atoms with Crippen LogP contribution in [0.3, 0.4) is 0 Å². The number of fused-ring (bicyclic) bond motifs is 1. The van der Waals surface area contributed by atoms with Crippen LogP contribution in [0.5, 0.6) is 0 Å². The molecule has 132 valence electrons. The van der Waals surface area contributed by atoms with Crippen LogP contribution in [-0.2, 0) is 4.79 Å². The number of nitrogens with one attached hydrogen (secondary N) is 2. The van der Waals surface area contributed by atoms with Gasteiger partial charge in [0.1, 0.15) is 6.04 Å². The highest BCUT2D eigenvalue weighted by atomic mass is 32.1. The van der Waals surface area contributed by atoms with Gasteiger partial charge in [0, 0.05) is 21.9 Å². The summed E-state index contributed by atoms with van der Waals surface area (Å²) in [6.07, 6.45) is 1.57.